The molecule has 2 aliphatic rings. The maximum Gasteiger partial charge on any atom is 0.236 e. The second-order valence-corrected chi connectivity index (χ2v) is 8.32. The van der Waals surface area contributed by atoms with Gasteiger partial charge in [-0.15, -0.1) is 0 Å². The van der Waals surface area contributed by atoms with Crippen molar-refractivity contribution in [2.45, 2.75) is 32.1 Å². The van der Waals surface area contributed by atoms with Crippen molar-refractivity contribution >= 4 is 23.3 Å². The Morgan fingerprint density at radius 3 is 2.67 bits per heavy atom. The van der Waals surface area contributed by atoms with Crippen LogP contribution in [0.4, 0.5) is 5.82 Å². The molecule has 3 aromatic rings. The van der Waals surface area contributed by atoms with E-state index < -0.39 is 5.41 Å². The highest BCUT2D eigenvalue weighted by molar-refractivity contribution is 6.30. The van der Waals surface area contributed by atoms with Gasteiger partial charge in [-0.25, -0.2) is 4.98 Å². The van der Waals surface area contributed by atoms with Crippen molar-refractivity contribution in [3.8, 4) is 22.6 Å². The van der Waals surface area contributed by atoms with Gasteiger partial charge in [0.1, 0.15) is 5.82 Å². The van der Waals surface area contributed by atoms with Crippen molar-refractivity contribution in [3.05, 3.63) is 70.4 Å². The fourth-order valence-corrected chi connectivity index (χ4v) is 4.16. The van der Waals surface area contributed by atoms with E-state index in [4.69, 9.17) is 21.1 Å². The number of hydrogen-bond donors (Lipinski definition) is 1. The first-order valence-electron chi connectivity index (χ1n) is 9.92. The van der Waals surface area contributed by atoms with Crippen LogP contribution in [0.3, 0.4) is 0 Å². The van der Waals surface area contributed by atoms with Gasteiger partial charge in [0.05, 0.1) is 5.41 Å². The molecule has 6 heteroatoms. The number of rotatable bonds is 4. The Bertz CT molecular complexity index is 1180. The Labute approximate surface area is 181 Å². The summed E-state index contributed by atoms with van der Waals surface area (Å²) in [5.41, 5.74) is 4.44. The van der Waals surface area contributed by atoms with Crippen LogP contribution >= 0.6 is 11.6 Å². The van der Waals surface area contributed by atoms with Crippen molar-refractivity contribution in [2.24, 2.45) is 0 Å². The number of aromatic nitrogens is 1. The molecular weight excluding hydrogens is 400 g/mol. The third-order valence-corrected chi connectivity index (χ3v) is 6.36. The van der Waals surface area contributed by atoms with Gasteiger partial charge in [-0.2, -0.15) is 0 Å². The number of nitrogens with zero attached hydrogens (tertiary/aromatic N) is 1. The van der Waals surface area contributed by atoms with Gasteiger partial charge in [-0.1, -0.05) is 29.8 Å². The van der Waals surface area contributed by atoms with Gasteiger partial charge < -0.3 is 14.8 Å². The zero-order valence-corrected chi connectivity index (χ0v) is 17.5. The Morgan fingerprint density at radius 2 is 1.90 bits per heavy atom. The topological polar surface area (TPSA) is 60.5 Å². The van der Waals surface area contributed by atoms with Crippen molar-refractivity contribution in [1.29, 1.82) is 0 Å². The molecule has 154 valence electrons. The number of carbonyl (C=O) groups is 1. The highest BCUT2D eigenvalue weighted by Crippen LogP contribution is 2.51. The van der Waals surface area contributed by atoms with Gasteiger partial charge in [-0.3, -0.25) is 4.79 Å². The number of halogens is 1. The average molecular weight is 423 g/mol. The minimum atomic E-state index is -0.533. The summed E-state index contributed by atoms with van der Waals surface area (Å²) in [5.74, 6) is 1.98. The van der Waals surface area contributed by atoms with E-state index in [1.807, 2.05) is 56.3 Å². The Kier molecular flexibility index (Phi) is 4.44. The summed E-state index contributed by atoms with van der Waals surface area (Å²) in [6.07, 6.45) is 3.40. The number of hydrogen-bond acceptors (Lipinski definition) is 4. The maximum atomic E-state index is 13.2. The van der Waals surface area contributed by atoms with Crippen LogP contribution in [0, 0.1) is 13.8 Å². The summed E-state index contributed by atoms with van der Waals surface area (Å²) in [6, 6.07) is 13.4. The molecule has 2 aromatic carbocycles. The largest absolute Gasteiger partial charge is 0.454 e. The molecule has 30 heavy (non-hydrogen) atoms. The molecule has 0 bridgehead atoms. The van der Waals surface area contributed by atoms with Gasteiger partial charge in [0.25, 0.3) is 0 Å². The Hall–Kier alpha value is -3.05. The van der Waals surface area contributed by atoms with Gasteiger partial charge in [0, 0.05) is 18.2 Å². The number of pyridine rings is 1. The number of nitrogens with one attached hydrogen (secondary N) is 1. The molecule has 2 heterocycles. The number of carbonyl (C=O) groups excluding carboxylic acids is 1. The highest BCUT2D eigenvalue weighted by Gasteiger charge is 2.52. The molecule has 1 saturated carbocycles. The summed E-state index contributed by atoms with van der Waals surface area (Å²) in [4.78, 5) is 17.8. The van der Waals surface area contributed by atoms with E-state index in [2.05, 4.69) is 10.3 Å². The van der Waals surface area contributed by atoms with Gasteiger partial charge in [-0.05, 0) is 73.2 Å². The lowest BCUT2D eigenvalue weighted by molar-refractivity contribution is -0.118. The molecule has 0 radical (unpaired) electrons. The van der Waals surface area contributed by atoms with E-state index in [0.29, 0.717) is 16.6 Å². The van der Waals surface area contributed by atoms with E-state index in [-0.39, 0.29) is 14.1 Å². The smallest absolute Gasteiger partial charge is 0.236 e. The molecule has 1 amide bonds. The Morgan fingerprint density at radius 1 is 1.10 bits per heavy atom. The van der Waals surface area contributed by atoms with Crippen LogP contribution in [0.2, 0.25) is 5.02 Å². The van der Waals surface area contributed by atoms with Crippen LogP contribution in [-0.2, 0) is 10.2 Å². The van der Waals surface area contributed by atoms with Crippen molar-refractivity contribution in [2.75, 3.05) is 12.1 Å². The van der Waals surface area contributed by atoms with Crippen LogP contribution < -0.4 is 14.8 Å². The summed E-state index contributed by atoms with van der Waals surface area (Å²) < 4.78 is 10.9. The molecule has 1 aromatic heterocycles. The van der Waals surface area contributed by atoms with Gasteiger partial charge in [0.15, 0.2) is 11.5 Å². The fourth-order valence-electron chi connectivity index (χ4n) is 3.97. The number of ether oxygens (including phenoxy) is 2. The van der Waals surface area contributed by atoms with Crippen molar-refractivity contribution in [1.82, 2.24) is 4.98 Å². The minimum Gasteiger partial charge on any atom is -0.454 e. The first kappa shape index (κ1) is 18.9. The molecule has 1 aliphatic carbocycles. The summed E-state index contributed by atoms with van der Waals surface area (Å²) in [5, 5.41) is 3.74. The predicted octanol–water partition coefficient (Wildman–Crippen LogP) is 5.66. The first-order chi connectivity index (χ1) is 14.5. The molecule has 1 N–H and O–H groups in total. The summed E-state index contributed by atoms with van der Waals surface area (Å²) in [6.45, 7) is 4.24. The number of anilines is 1. The van der Waals surface area contributed by atoms with Gasteiger partial charge >= 0.3 is 0 Å². The zero-order chi connectivity index (χ0) is 20.9. The van der Waals surface area contributed by atoms with E-state index in [1.54, 1.807) is 6.20 Å². The number of fused-ring (bicyclic) bond motifs is 1. The maximum absolute atomic E-state index is 13.2. The lowest BCUT2D eigenvalue weighted by Gasteiger charge is -2.18. The molecule has 1 aliphatic heterocycles. The fraction of sp³-hybridized carbons (Fsp3) is 0.250. The third-order valence-electron chi connectivity index (χ3n) is 6.12. The standard InChI is InChI=1S/C24H21ClN2O3.H2/c1-14-15(2)22(26-12-19(14)16-4-3-5-18(25)10-16)27-23(28)24(8-9-24)17-6-7-20-21(11-17)30-13-29-20;/h3-7,10-12H,8-9,13H2,1-2H3,(H,26,27,28);1H. The molecule has 0 unspecified atom stereocenters. The minimum absolute atomic E-state index is 0. The highest BCUT2D eigenvalue weighted by atomic mass is 35.5. The average Bonchev–Trinajstić information content (AvgIpc) is 3.42. The molecule has 0 spiro atoms. The van der Waals surface area contributed by atoms with Crippen molar-refractivity contribution < 1.29 is 15.7 Å². The van der Waals surface area contributed by atoms with E-state index in [0.717, 1.165) is 46.4 Å². The van der Waals surface area contributed by atoms with E-state index >= 15 is 0 Å². The lowest BCUT2D eigenvalue weighted by Crippen LogP contribution is -2.28. The Balaban J connectivity index is 0.00000231. The molecule has 1 fully saturated rings. The molecule has 5 rings (SSSR count). The monoisotopic (exact) mass is 422 g/mol. The lowest BCUT2D eigenvalue weighted by atomic mass is 9.94. The third kappa shape index (κ3) is 3.10. The zero-order valence-electron chi connectivity index (χ0n) is 16.8. The second kappa shape index (κ2) is 7.03. The SMILES string of the molecule is Cc1c(-c2cccc(Cl)c2)cnc(NC(=O)C2(c3ccc4c(c3)OCO4)CC2)c1C.[HH]. The van der Waals surface area contributed by atoms with Crippen LogP contribution in [0.25, 0.3) is 11.1 Å². The number of amides is 1. The van der Waals surface area contributed by atoms with Crippen molar-refractivity contribution in [3.63, 3.8) is 0 Å². The van der Waals surface area contributed by atoms with Crippen LogP contribution in [0.1, 0.15) is 31.0 Å². The molecular formula is C24H23ClN2O3. The van der Waals surface area contributed by atoms with E-state index in [1.165, 1.54) is 0 Å². The number of benzene rings is 2. The van der Waals surface area contributed by atoms with E-state index in [9.17, 15) is 4.79 Å². The predicted molar refractivity (Wildman–Crippen MR) is 118 cm³/mol. The normalized spacial score (nSPS) is 15.7. The summed E-state index contributed by atoms with van der Waals surface area (Å²) in [7, 11) is 0. The van der Waals surface area contributed by atoms with Crippen LogP contribution in [-0.4, -0.2) is 17.7 Å². The molecule has 0 saturated heterocycles. The second-order valence-electron chi connectivity index (χ2n) is 7.89. The molecule has 5 nitrogen and oxygen atoms in total. The van der Waals surface area contributed by atoms with Crippen LogP contribution in [0.15, 0.2) is 48.7 Å². The summed E-state index contributed by atoms with van der Waals surface area (Å²) >= 11 is 6.14. The first-order valence-corrected chi connectivity index (χ1v) is 10.3. The molecule has 0 atom stereocenters. The van der Waals surface area contributed by atoms with Crippen LogP contribution in [0.5, 0.6) is 11.5 Å². The van der Waals surface area contributed by atoms with Gasteiger partial charge in [0.2, 0.25) is 12.7 Å². The quantitative estimate of drug-likeness (QED) is 0.589.